The summed E-state index contributed by atoms with van der Waals surface area (Å²) < 4.78 is 31.7. The predicted molar refractivity (Wildman–Crippen MR) is 82.1 cm³/mol. The molecule has 0 bridgehead atoms. The molecule has 0 aromatic heterocycles. The number of ether oxygens (including phenoxy) is 1. The Morgan fingerprint density at radius 2 is 2.19 bits per heavy atom. The van der Waals surface area contributed by atoms with Crippen molar-refractivity contribution in [2.75, 3.05) is 25.6 Å². The van der Waals surface area contributed by atoms with Crippen molar-refractivity contribution in [2.24, 2.45) is 0 Å². The van der Waals surface area contributed by atoms with Crippen LogP contribution >= 0.6 is 11.8 Å². The van der Waals surface area contributed by atoms with Crippen molar-refractivity contribution in [3.8, 4) is 0 Å². The average Bonchev–Trinajstić information content (AvgIpc) is 2.44. The first-order chi connectivity index (χ1) is 9.94. The van der Waals surface area contributed by atoms with Gasteiger partial charge in [-0.1, -0.05) is 0 Å². The molecular formula is C13H18N2O4S2. The maximum atomic E-state index is 12.2. The Bertz CT molecular complexity index is 631. The molecule has 1 amide bonds. The minimum Gasteiger partial charge on any atom is -0.385 e. The van der Waals surface area contributed by atoms with E-state index in [4.69, 9.17) is 4.74 Å². The fourth-order valence-electron chi connectivity index (χ4n) is 1.86. The summed E-state index contributed by atoms with van der Waals surface area (Å²) >= 11 is 1.42. The summed E-state index contributed by atoms with van der Waals surface area (Å²) in [7, 11) is -2.00. The van der Waals surface area contributed by atoms with Gasteiger partial charge in [-0.3, -0.25) is 4.79 Å². The van der Waals surface area contributed by atoms with Gasteiger partial charge in [-0.25, -0.2) is 13.1 Å². The molecule has 6 nitrogen and oxygen atoms in total. The predicted octanol–water partition coefficient (Wildman–Crippen LogP) is 1.43. The lowest BCUT2D eigenvalue weighted by Gasteiger charge is -2.21. The van der Waals surface area contributed by atoms with Gasteiger partial charge in [-0.2, -0.15) is 0 Å². The highest BCUT2D eigenvalue weighted by Gasteiger charge is 2.24. The summed E-state index contributed by atoms with van der Waals surface area (Å²) in [6.45, 7) is 2.62. The molecule has 1 aromatic rings. The fraction of sp³-hybridized carbons (Fsp3) is 0.462. The van der Waals surface area contributed by atoms with Gasteiger partial charge >= 0.3 is 0 Å². The van der Waals surface area contributed by atoms with Crippen LogP contribution in [0.2, 0.25) is 0 Å². The van der Waals surface area contributed by atoms with Crippen LogP contribution in [0.1, 0.15) is 13.3 Å². The lowest BCUT2D eigenvalue weighted by Crippen LogP contribution is -2.28. The highest BCUT2D eigenvalue weighted by Crippen LogP contribution is 2.36. The van der Waals surface area contributed by atoms with Gasteiger partial charge in [0.05, 0.1) is 15.8 Å². The topological polar surface area (TPSA) is 84.5 Å². The molecule has 8 heteroatoms. The number of sulfonamides is 1. The number of methoxy groups -OCH3 is 1. The molecule has 1 aliphatic rings. The number of thioether (sulfide) groups is 1. The van der Waals surface area contributed by atoms with Gasteiger partial charge in [0.1, 0.15) is 0 Å². The Kier molecular flexibility index (Phi) is 5.26. The van der Waals surface area contributed by atoms with Crippen LogP contribution in [0.25, 0.3) is 0 Å². The summed E-state index contributed by atoms with van der Waals surface area (Å²) in [5.74, 6) is -0.116. The lowest BCUT2D eigenvalue weighted by molar-refractivity contribution is -0.115. The number of hydrogen-bond acceptors (Lipinski definition) is 5. The van der Waals surface area contributed by atoms with Crippen molar-refractivity contribution < 1.29 is 17.9 Å². The lowest BCUT2D eigenvalue weighted by atomic mass is 10.3. The molecule has 0 saturated heterocycles. The summed E-state index contributed by atoms with van der Waals surface area (Å²) in [5.41, 5.74) is 0.544. The number of nitrogens with one attached hydrogen (secondary N) is 2. The molecule has 0 fully saturated rings. The van der Waals surface area contributed by atoms with Crippen molar-refractivity contribution in [3.63, 3.8) is 0 Å². The molecule has 1 atom stereocenters. The van der Waals surface area contributed by atoms with Gasteiger partial charge in [0, 0.05) is 25.2 Å². The van der Waals surface area contributed by atoms with E-state index >= 15 is 0 Å². The van der Waals surface area contributed by atoms with Crippen molar-refractivity contribution in [1.29, 1.82) is 0 Å². The summed E-state index contributed by atoms with van der Waals surface area (Å²) in [6, 6.07) is 4.76. The molecule has 21 heavy (non-hydrogen) atoms. The quantitative estimate of drug-likeness (QED) is 0.771. The Balaban J connectivity index is 2.14. The molecule has 1 unspecified atom stereocenters. The number of rotatable bonds is 6. The Morgan fingerprint density at radius 1 is 1.43 bits per heavy atom. The minimum atomic E-state index is -3.57. The number of amides is 1. The van der Waals surface area contributed by atoms with E-state index < -0.39 is 10.0 Å². The number of anilines is 1. The van der Waals surface area contributed by atoms with E-state index in [1.807, 2.05) is 6.92 Å². The molecule has 0 saturated carbocycles. The normalized spacial score (nSPS) is 18.2. The Labute approximate surface area is 128 Å². The first-order valence-electron chi connectivity index (χ1n) is 6.54. The third-order valence-electron chi connectivity index (χ3n) is 3.01. The smallest absolute Gasteiger partial charge is 0.240 e. The fourth-order valence-corrected chi connectivity index (χ4v) is 3.89. The van der Waals surface area contributed by atoms with Gasteiger partial charge in [-0.15, -0.1) is 11.8 Å². The molecule has 0 radical (unpaired) electrons. The van der Waals surface area contributed by atoms with Crippen LogP contribution in [0, 0.1) is 0 Å². The van der Waals surface area contributed by atoms with E-state index in [0.29, 0.717) is 25.3 Å². The molecular weight excluding hydrogens is 312 g/mol. The number of carbonyl (C=O) groups excluding carboxylic acids is 1. The Hall–Kier alpha value is -1.09. The SMILES string of the molecule is COCCCNS(=O)(=O)c1ccc2c(c1)NC(=O)C(C)S2. The standard InChI is InChI=1S/C13H18N2O4S2/c1-9-13(16)15-11-8-10(4-5-12(11)20-9)21(17,18)14-6-3-7-19-2/h4-5,8-9,14H,3,6-7H2,1-2H3,(H,15,16). The molecule has 116 valence electrons. The van der Waals surface area contributed by atoms with E-state index in [-0.39, 0.29) is 16.1 Å². The molecule has 1 aliphatic heterocycles. The van der Waals surface area contributed by atoms with Crippen LogP contribution in [0.5, 0.6) is 0 Å². The molecule has 0 spiro atoms. The van der Waals surface area contributed by atoms with Gasteiger partial charge in [0.2, 0.25) is 15.9 Å². The van der Waals surface area contributed by atoms with E-state index in [1.54, 1.807) is 19.2 Å². The minimum absolute atomic E-state index is 0.116. The van der Waals surface area contributed by atoms with Crippen molar-refractivity contribution in [3.05, 3.63) is 18.2 Å². The van der Waals surface area contributed by atoms with Crippen LogP contribution in [-0.2, 0) is 19.6 Å². The van der Waals surface area contributed by atoms with Gasteiger partial charge < -0.3 is 10.1 Å². The second kappa shape index (κ2) is 6.78. The van der Waals surface area contributed by atoms with E-state index in [1.165, 1.54) is 17.8 Å². The maximum Gasteiger partial charge on any atom is 0.240 e. The molecule has 2 N–H and O–H groups in total. The Morgan fingerprint density at radius 3 is 2.90 bits per heavy atom. The molecule has 1 heterocycles. The third kappa shape index (κ3) is 3.97. The monoisotopic (exact) mass is 330 g/mol. The van der Waals surface area contributed by atoms with Crippen molar-refractivity contribution in [2.45, 2.75) is 28.4 Å². The zero-order chi connectivity index (χ0) is 15.5. The zero-order valence-corrected chi connectivity index (χ0v) is 13.5. The van der Waals surface area contributed by atoms with Crippen molar-refractivity contribution in [1.82, 2.24) is 4.72 Å². The average molecular weight is 330 g/mol. The first kappa shape index (κ1) is 16.3. The molecule has 2 rings (SSSR count). The van der Waals surface area contributed by atoms with E-state index in [0.717, 1.165) is 4.90 Å². The molecule has 0 aliphatic carbocycles. The van der Waals surface area contributed by atoms with Crippen LogP contribution < -0.4 is 10.0 Å². The summed E-state index contributed by atoms with van der Waals surface area (Å²) in [5, 5.41) is 2.55. The highest BCUT2D eigenvalue weighted by atomic mass is 32.2. The van der Waals surface area contributed by atoms with E-state index in [9.17, 15) is 13.2 Å². The van der Waals surface area contributed by atoms with Crippen LogP contribution in [0.4, 0.5) is 5.69 Å². The number of carbonyl (C=O) groups is 1. The summed E-state index contributed by atoms with van der Waals surface area (Å²) in [6.07, 6.45) is 0.602. The van der Waals surface area contributed by atoms with Crippen LogP contribution in [0.15, 0.2) is 28.0 Å². The third-order valence-corrected chi connectivity index (χ3v) is 5.65. The van der Waals surface area contributed by atoms with Crippen molar-refractivity contribution >= 4 is 33.4 Å². The van der Waals surface area contributed by atoms with E-state index in [2.05, 4.69) is 10.0 Å². The highest BCUT2D eigenvalue weighted by molar-refractivity contribution is 8.01. The number of hydrogen-bond donors (Lipinski definition) is 2. The maximum absolute atomic E-state index is 12.2. The van der Waals surface area contributed by atoms with Gasteiger partial charge in [0.15, 0.2) is 0 Å². The first-order valence-corrected chi connectivity index (χ1v) is 8.90. The zero-order valence-electron chi connectivity index (χ0n) is 11.9. The number of fused-ring (bicyclic) bond motifs is 1. The number of benzene rings is 1. The van der Waals surface area contributed by atoms with Gasteiger partial charge in [-0.05, 0) is 31.5 Å². The largest absolute Gasteiger partial charge is 0.385 e. The van der Waals surface area contributed by atoms with Crippen LogP contribution in [-0.4, -0.2) is 39.8 Å². The van der Waals surface area contributed by atoms with Crippen LogP contribution in [0.3, 0.4) is 0 Å². The van der Waals surface area contributed by atoms with Gasteiger partial charge in [0.25, 0.3) is 0 Å². The summed E-state index contributed by atoms with van der Waals surface area (Å²) in [4.78, 5) is 12.7. The second-order valence-electron chi connectivity index (χ2n) is 4.65. The molecule has 1 aromatic carbocycles. The second-order valence-corrected chi connectivity index (χ2v) is 7.80.